The summed E-state index contributed by atoms with van der Waals surface area (Å²) < 4.78 is 5.06. The molecule has 0 aliphatic carbocycles. The van der Waals surface area contributed by atoms with Gasteiger partial charge in [-0.15, -0.1) is 0 Å². The first-order valence-electron chi connectivity index (χ1n) is 5.62. The predicted molar refractivity (Wildman–Crippen MR) is 72.2 cm³/mol. The fourth-order valence-electron chi connectivity index (χ4n) is 1.64. The van der Waals surface area contributed by atoms with Crippen molar-refractivity contribution in [3.63, 3.8) is 0 Å². The van der Waals surface area contributed by atoms with E-state index in [1.54, 1.807) is 13.2 Å². The van der Waals surface area contributed by atoms with E-state index in [1.807, 2.05) is 12.1 Å². The number of nitrogens with one attached hydrogen (secondary N) is 1. The molecule has 1 aromatic carbocycles. The molecule has 0 bridgehead atoms. The molecule has 0 saturated heterocycles. The van der Waals surface area contributed by atoms with Crippen LogP contribution in [0, 0.1) is 13.8 Å². The van der Waals surface area contributed by atoms with E-state index in [9.17, 15) is 0 Å². The SMILES string of the molecule is COc1cc(Nc2cccc(C)c2C)nc(N)n1. The van der Waals surface area contributed by atoms with Crippen molar-refractivity contribution in [1.29, 1.82) is 0 Å². The van der Waals surface area contributed by atoms with Gasteiger partial charge in [-0.3, -0.25) is 0 Å². The second-order valence-electron chi connectivity index (χ2n) is 4.03. The van der Waals surface area contributed by atoms with Crippen molar-refractivity contribution in [2.24, 2.45) is 0 Å². The van der Waals surface area contributed by atoms with Crippen LogP contribution in [0.2, 0.25) is 0 Å². The molecule has 0 unspecified atom stereocenters. The lowest BCUT2D eigenvalue weighted by molar-refractivity contribution is 0.398. The number of nitrogens with two attached hydrogens (primary N) is 1. The van der Waals surface area contributed by atoms with Crippen LogP contribution in [0.25, 0.3) is 0 Å². The molecule has 18 heavy (non-hydrogen) atoms. The van der Waals surface area contributed by atoms with E-state index in [0.29, 0.717) is 11.7 Å². The molecule has 94 valence electrons. The van der Waals surface area contributed by atoms with Crippen LogP contribution in [0.4, 0.5) is 17.5 Å². The molecule has 1 heterocycles. The molecular weight excluding hydrogens is 228 g/mol. The highest BCUT2D eigenvalue weighted by atomic mass is 16.5. The van der Waals surface area contributed by atoms with E-state index >= 15 is 0 Å². The van der Waals surface area contributed by atoms with Gasteiger partial charge in [0.25, 0.3) is 0 Å². The van der Waals surface area contributed by atoms with Gasteiger partial charge < -0.3 is 15.8 Å². The van der Waals surface area contributed by atoms with Gasteiger partial charge in [-0.2, -0.15) is 9.97 Å². The number of rotatable bonds is 3. The molecular formula is C13H16N4O. The fraction of sp³-hybridized carbons (Fsp3) is 0.231. The molecule has 2 aromatic rings. The Kier molecular flexibility index (Phi) is 3.32. The number of hydrogen-bond donors (Lipinski definition) is 2. The number of aryl methyl sites for hydroxylation is 1. The molecule has 0 atom stereocenters. The molecule has 5 nitrogen and oxygen atoms in total. The lowest BCUT2D eigenvalue weighted by Crippen LogP contribution is -2.02. The van der Waals surface area contributed by atoms with Gasteiger partial charge in [0.15, 0.2) is 0 Å². The lowest BCUT2D eigenvalue weighted by Gasteiger charge is -2.11. The highest BCUT2D eigenvalue weighted by molar-refractivity contribution is 5.63. The summed E-state index contributed by atoms with van der Waals surface area (Å²) >= 11 is 0. The van der Waals surface area contributed by atoms with Gasteiger partial charge in [-0.1, -0.05) is 12.1 Å². The Morgan fingerprint density at radius 3 is 2.72 bits per heavy atom. The standard InChI is InChI=1S/C13H16N4O/c1-8-5-4-6-10(9(8)2)15-11-7-12(18-3)17-13(14)16-11/h4-7H,1-3H3,(H3,14,15,16,17). The summed E-state index contributed by atoms with van der Waals surface area (Å²) in [6, 6.07) is 7.76. The molecule has 0 radical (unpaired) electrons. The van der Waals surface area contributed by atoms with E-state index in [0.717, 1.165) is 5.69 Å². The largest absolute Gasteiger partial charge is 0.481 e. The number of methoxy groups -OCH3 is 1. The first-order chi connectivity index (χ1) is 8.60. The molecule has 0 spiro atoms. The summed E-state index contributed by atoms with van der Waals surface area (Å²) in [4.78, 5) is 8.06. The number of benzene rings is 1. The van der Waals surface area contributed by atoms with E-state index in [1.165, 1.54) is 11.1 Å². The van der Waals surface area contributed by atoms with E-state index in [2.05, 4.69) is 35.2 Å². The molecule has 0 saturated carbocycles. The van der Waals surface area contributed by atoms with Gasteiger partial charge in [-0.25, -0.2) is 0 Å². The van der Waals surface area contributed by atoms with Crippen molar-refractivity contribution in [3.05, 3.63) is 35.4 Å². The zero-order valence-electron chi connectivity index (χ0n) is 10.7. The summed E-state index contributed by atoms with van der Waals surface area (Å²) in [5.74, 6) is 1.24. The minimum Gasteiger partial charge on any atom is -0.481 e. The molecule has 0 amide bonds. The molecule has 0 aliphatic heterocycles. The van der Waals surface area contributed by atoms with Gasteiger partial charge >= 0.3 is 0 Å². The molecule has 3 N–H and O–H groups in total. The summed E-state index contributed by atoms with van der Waals surface area (Å²) in [6.45, 7) is 4.12. The third kappa shape index (κ3) is 2.51. The maximum absolute atomic E-state index is 5.61. The highest BCUT2D eigenvalue weighted by Gasteiger charge is 2.05. The van der Waals surface area contributed by atoms with Crippen LogP contribution < -0.4 is 15.8 Å². The van der Waals surface area contributed by atoms with Gasteiger partial charge in [0.05, 0.1) is 7.11 Å². The maximum Gasteiger partial charge on any atom is 0.225 e. The van der Waals surface area contributed by atoms with Gasteiger partial charge in [-0.05, 0) is 31.0 Å². The van der Waals surface area contributed by atoms with Crippen LogP contribution in [0.5, 0.6) is 5.88 Å². The van der Waals surface area contributed by atoms with Crippen molar-refractivity contribution >= 4 is 17.5 Å². The second-order valence-corrected chi connectivity index (χ2v) is 4.03. The average molecular weight is 244 g/mol. The van der Waals surface area contributed by atoms with Crippen LogP contribution in [0.1, 0.15) is 11.1 Å². The Labute approximate surface area is 106 Å². The van der Waals surface area contributed by atoms with Crippen LogP contribution >= 0.6 is 0 Å². The number of aromatic nitrogens is 2. The van der Waals surface area contributed by atoms with Crippen LogP contribution in [0.15, 0.2) is 24.3 Å². The summed E-state index contributed by atoms with van der Waals surface area (Å²) in [5.41, 5.74) is 9.00. The lowest BCUT2D eigenvalue weighted by atomic mass is 10.1. The normalized spacial score (nSPS) is 10.2. The Morgan fingerprint density at radius 1 is 1.22 bits per heavy atom. The quantitative estimate of drug-likeness (QED) is 0.867. The van der Waals surface area contributed by atoms with Crippen molar-refractivity contribution in [3.8, 4) is 5.88 Å². The Balaban J connectivity index is 2.34. The van der Waals surface area contributed by atoms with Crippen LogP contribution in [0.3, 0.4) is 0 Å². The van der Waals surface area contributed by atoms with Crippen LogP contribution in [-0.4, -0.2) is 17.1 Å². The van der Waals surface area contributed by atoms with E-state index < -0.39 is 0 Å². The number of hydrogen-bond acceptors (Lipinski definition) is 5. The smallest absolute Gasteiger partial charge is 0.225 e. The third-order valence-electron chi connectivity index (χ3n) is 2.80. The van der Waals surface area contributed by atoms with E-state index in [4.69, 9.17) is 10.5 Å². The first kappa shape index (κ1) is 12.2. The third-order valence-corrected chi connectivity index (χ3v) is 2.80. The zero-order valence-corrected chi connectivity index (χ0v) is 10.7. The zero-order chi connectivity index (χ0) is 13.1. The maximum atomic E-state index is 5.61. The Morgan fingerprint density at radius 2 is 2.00 bits per heavy atom. The van der Waals surface area contributed by atoms with Crippen molar-refractivity contribution in [2.45, 2.75) is 13.8 Å². The Bertz CT molecular complexity index is 569. The summed E-state index contributed by atoms with van der Waals surface area (Å²) in [6.07, 6.45) is 0. The number of anilines is 3. The summed E-state index contributed by atoms with van der Waals surface area (Å²) in [5, 5.41) is 3.22. The first-order valence-corrected chi connectivity index (χ1v) is 5.62. The minimum atomic E-state index is 0.183. The fourth-order valence-corrected chi connectivity index (χ4v) is 1.64. The average Bonchev–Trinajstić information content (AvgIpc) is 2.34. The number of nitrogens with zero attached hydrogens (tertiary/aromatic N) is 2. The van der Waals surface area contributed by atoms with E-state index in [-0.39, 0.29) is 5.95 Å². The van der Waals surface area contributed by atoms with Gasteiger partial charge in [0.1, 0.15) is 5.82 Å². The van der Waals surface area contributed by atoms with Gasteiger partial charge in [0, 0.05) is 11.8 Å². The summed E-state index contributed by atoms with van der Waals surface area (Å²) in [7, 11) is 1.55. The molecule has 1 aromatic heterocycles. The number of nitrogen functional groups attached to an aromatic ring is 1. The van der Waals surface area contributed by atoms with Crippen molar-refractivity contribution in [1.82, 2.24) is 9.97 Å². The van der Waals surface area contributed by atoms with Crippen molar-refractivity contribution in [2.75, 3.05) is 18.2 Å². The van der Waals surface area contributed by atoms with Crippen molar-refractivity contribution < 1.29 is 4.74 Å². The molecule has 0 fully saturated rings. The molecule has 5 heteroatoms. The number of ether oxygens (including phenoxy) is 1. The Hall–Kier alpha value is -2.30. The molecule has 2 rings (SSSR count). The van der Waals surface area contributed by atoms with Gasteiger partial charge in [0.2, 0.25) is 11.8 Å². The second kappa shape index (κ2) is 4.91. The molecule has 0 aliphatic rings. The topological polar surface area (TPSA) is 73.1 Å². The predicted octanol–water partition coefficient (Wildman–Crippen LogP) is 2.43. The monoisotopic (exact) mass is 244 g/mol. The highest BCUT2D eigenvalue weighted by Crippen LogP contribution is 2.23. The minimum absolute atomic E-state index is 0.183. The van der Waals surface area contributed by atoms with Crippen LogP contribution in [-0.2, 0) is 0 Å².